The second kappa shape index (κ2) is 10.1. The lowest BCUT2D eigenvalue weighted by molar-refractivity contribution is -0.127. The van der Waals surface area contributed by atoms with Gasteiger partial charge >= 0.3 is 0 Å². The van der Waals surface area contributed by atoms with Crippen molar-refractivity contribution in [1.29, 1.82) is 0 Å². The Balaban J connectivity index is 0.00000264. The summed E-state index contributed by atoms with van der Waals surface area (Å²) in [6, 6.07) is 0. The Morgan fingerprint density at radius 3 is 2.35 bits per heavy atom. The highest BCUT2D eigenvalue weighted by Crippen LogP contribution is 2.27. The smallest absolute Gasteiger partial charge is 0.239 e. The standard InChI is InChI=1S/C17H31N3O2.ClH/c1-17(7-9-18-10-8-17)13-20-16(22)12-19-15(21)11-14-5-3-2-4-6-14;/h14,18H,2-13H2,1H3,(H,19,21)(H,20,22);1H. The summed E-state index contributed by atoms with van der Waals surface area (Å²) in [5.74, 6) is 0.470. The van der Waals surface area contributed by atoms with E-state index in [0.717, 1.165) is 38.8 Å². The fraction of sp³-hybridized carbons (Fsp3) is 0.882. The lowest BCUT2D eigenvalue weighted by Crippen LogP contribution is -2.45. The number of hydrogen-bond donors (Lipinski definition) is 3. The summed E-state index contributed by atoms with van der Waals surface area (Å²) in [6.07, 6.45) is 8.85. The molecule has 0 aromatic heterocycles. The van der Waals surface area contributed by atoms with Crippen molar-refractivity contribution >= 4 is 24.2 Å². The van der Waals surface area contributed by atoms with E-state index in [4.69, 9.17) is 0 Å². The van der Waals surface area contributed by atoms with Gasteiger partial charge in [-0.1, -0.05) is 26.2 Å². The van der Waals surface area contributed by atoms with Crippen LogP contribution in [0.2, 0.25) is 0 Å². The van der Waals surface area contributed by atoms with Crippen LogP contribution in [0.25, 0.3) is 0 Å². The van der Waals surface area contributed by atoms with Crippen molar-refractivity contribution in [3.8, 4) is 0 Å². The van der Waals surface area contributed by atoms with Crippen molar-refractivity contribution in [3.05, 3.63) is 0 Å². The number of carbonyl (C=O) groups excluding carboxylic acids is 2. The minimum Gasteiger partial charge on any atom is -0.354 e. The van der Waals surface area contributed by atoms with Crippen molar-refractivity contribution in [2.24, 2.45) is 11.3 Å². The fourth-order valence-corrected chi connectivity index (χ4v) is 3.49. The van der Waals surface area contributed by atoms with Crippen LogP contribution in [-0.2, 0) is 9.59 Å². The van der Waals surface area contributed by atoms with Gasteiger partial charge in [0.2, 0.25) is 11.8 Å². The Kier molecular flexibility index (Phi) is 8.92. The molecule has 2 aliphatic rings. The summed E-state index contributed by atoms with van der Waals surface area (Å²) < 4.78 is 0. The van der Waals surface area contributed by atoms with E-state index < -0.39 is 0 Å². The molecule has 2 fully saturated rings. The van der Waals surface area contributed by atoms with Crippen LogP contribution in [0.15, 0.2) is 0 Å². The average Bonchev–Trinajstić information content (AvgIpc) is 2.53. The first-order chi connectivity index (χ1) is 10.6. The summed E-state index contributed by atoms with van der Waals surface area (Å²) in [7, 11) is 0. The van der Waals surface area contributed by atoms with Crippen LogP contribution in [0.3, 0.4) is 0 Å². The molecule has 1 aliphatic carbocycles. The van der Waals surface area contributed by atoms with Crippen molar-refractivity contribution in [1.82, 2.24) is 16.0 Å². The molecule has 134 valence electrons. The number of hydrogen-bond acceptors (Lipinski definition) is 3. The molecular weight excluding hydrogens is 314 g/mol. The second-order valence-corrected chi connectivity index (χ2v) is 7.32. The molecule has 23 heavy (non-hydrogen) atoms. The van der Waals surface area contributed by atoms with Gasteiger partial charge in [0.05, 0.1) is 6.54 Å². The average molecular weight is 346 g/mol. The first-order valence-electron chi connectivity index (χ1n) is 8.81. The summed E-state index contributed by atoms with van der Waals surface area (Å²) >= 11 is 0. The second-order valence-electron chi connectivity index (χ2n) is 7.32. The van der Waals surface area contributed by atoms with Crippen LogP contribution in [0.1, 0.15) is 58.3 Å². The van der Waals surface area contributed by atoms with Crippen LogP contribution in [0, 0.1) is 11.3 Å². The predicted molar refractivity (Wildman–Crippen MR) is 94.7 cm³/mol. The van der Waals surface area contributed by atoms with Gasteiger partial charge in [-0.2, -0.15) is 0 Å². The van der Waals surface area contributed by atoms with E-state index >= 15 is 0 Å². The van der Waals surface area contributed by atoms with Crippen molar-refractivity contribution in [2.45, 2.75) is 58.3 Å². The highest BCUT2D eigenvalue weighted by Gasteiger charge is 2.27. The van der Waals surface area contributed by atoms with Crippen LogP contribution in [-0.4, -0.2) is 38.0 Å². The molecule has 1 saturated heterocycles. The Labute approximate surface area is 146 Å². The zero-order chi connectivity index (χ0) is 15.8. The predicted octanol–water partition coefficient (Wildman–Crippen LogP) is 2.00. The molecule has 0 radical (unpaired) electrons. The lowest BCUT2D eigenvalue weighted by Gasteiger charge is -2.34. The van der Waals surface area contributed by atoms with Gasteiger partial charge in [0.1, 0.15) is 0 Å². The highest BCUT2D eigenvalue weighted by molar-refractivity contribution is 5.85. The molecule has 5 nitrogen and oxygen atoms in total. The number of carbonyl (C=O) groups is 2. The minimum atomic E-state index is -0.0725. The number of halogens is 1. The van der Waals surface area contributed by atoms with Gasteiger partial charge in [0.25, 0.3) is 0 Å². The third-order valence-electron chi connectivity index (χ3n) is 5.17. The third-order valence-corrected chi connectivity index (χ3v) is 5.17. The van der Waals surface area contributed by atoms with E-state index in [2.05, 4.69) is 22.9 Å². The number of nitrogens with one attached hydrogen (secondary N) is 3. The SMILES string of the molecule is CC1(CNC(=O)CNC(=O)CC2CCCCC2)CCNCC1.Cl. The van der Waals surface area contributed by atoms with E-state index in [1.54, 1.807) is 0 Å². The normalized spacial score (nSPS) is 21.1. The summed E-state index contributed by atoms with van der Waals surface area (Å²) in [5.41, 5.74) is 0.188. The topological polar surface area (TPSA) is 70.2 Å². The molecule has 0 aromatic rings. The maximum absolute atomic E-state index is 11.9. The third kappa shape index (κ3) is 7.53. The van der Waals surface area contributed by atoms with Crippen molar-refractivity contribution < 1.29 is 9.59 Å². The molecule has 0 atom stereocenters. The zero-order valence-electron chi connectivity index (χ0n) is 14.3. The van der Waals surface area contributed by atoms with Crippen molar-refractivity contribution in [2.75, 3.05) is 26.2 Å². The Bertz CT molecular complexity index is 378. The molecule has 0 unspecified atom stereocenters. The first-order valence-corrected chi connectivity index (χ1v) is 8.81. The molecule has 1 aliphatic heterocycles. The summed E-state index contributed by atoms with van der Waals surface area (Å²) in [4.78, 5) is 23.8. The van der Waals surface area contributed by atoms with Gasteiger partial charge in [-0.05, 0) is 50.1 Å². The van der Waals surface area contributed by atoms with Crippen molar-refractivity contribution in [3.63, 3.8) is 0 Å². The van der Waals surface area contributed by atoms with Crippen LogP contribution < -0.4 is 16.0 Å². The van der Waals surface area contributed by atoms with Gasteiger partial charge < -0.3 is 16.0 Å². The Morgan fingerprint density at radius 1 is 1.04 bits per heavy atom. The number of piperidine rings is 1. The van der Waals surface area contributed by atoms with Gasteiger partial charge in [-0.25, -0.2) is 0 Å². The monoisotopic (exact) mass is 345 g/mol. The van der Waals surface area contributed by atoms with Crippen LogP contribution in [0.4, 0.5) is 0 Å². The van der Waals surface area contributed by atoms with Gasteiger partial charge in [-0.3, -0.25) is 9.59 Å². The molecular formula is C17H32ClN3O2. The zero-order valence-corrected chi connectivity index (χ0v) is 15.1. The molecule has 6 heteroatoms. The van der Waals surface area contributed by atoms with E-state index in [0.29, 0.717) is 18.9 Å². The molecule has 2 amide bonds. The van der Waals surface area contributed by atoms with Crippen LogP contribution in [0.5, 0.6) is 0 Å². The molecule has 1 saturated carbocycles. The first kappa shape index (κ1) is 20.2. The Hall–Kier alpha value is -0.810. The van der Waals surface area contributed by atoms with E-state index in [1.807, 2.05) is 0 Å². The quantitative estimate of drug-likeness (QED) is 0.689. The van der Waals surface area contributed by atoms with Crippen LogP contribution >= 0.6 is 12.4 Å². The minimum absolute atomic E-state index is 0. The molecule has 3 N–H and O–H groups in total. The maximum Gasteiger partial charge on any atom is 0.239 e. The summed E-state index contributed by atoms with van der Waals surface area (Å²) in [5, 5.41) is 9.07. The molecule has 1 heterocycles. The van der Waals surface area contributed by atoms with E-state index in [1.165, 1.54) is 19.3 Å². The largest absolute Gasteiger partial charge is 0.354 e. The Morgan fingerprint density at radius 2 is 1.70 bits per heavy atom. The molecule has 2 rings (SSSR count). The van der Waals surface area contributed by atoms with Gasteiger partial charge in [0, 0.05) is 13.0 Å². The van der Waals surface area contributed by atoms with E-state index in [9.17, 15) is 9.59 Å². The highest BCUT2D eigenvalue weighted by atomic mass is 35.5. The molecule has 0 aromatic carbocycles. The molecule has 0 bridgehead atoms. The maximum atomic E-state index is 11.9. The lowest BCUT2D eigenvalue weighted by atomic mass is 9.81. The number of amides is 2. The molecule has 0 spiro atoms. The fourth-order valence-electron chi connectivity index (χ4n) is 3.49. The number of rotatable bonds is 6. The summed E-state index contributed by atoms with van der Waals surface area (Å²) in [6.45, 7) is 5.07. The van der Waals surface area contributed by atoms with E-state index in [-0.39, 0.29) is 36.2 Å². The van der Waals surface area contributed by atoms with Gasteiger partial charge in [0.15, 0.2) is 0 Å². The van der Waals surface area contributed by atoms with Gasteiger partial charge in [-0.15, -0.1) is 12.4 Å².